The van der Waals surface area contributed by atoms with Crippen LogP contribution in [0.15, 0.2) is 23.6 Å². The molecule has 1 fully saturated rings. The number of aromatic nitrogens is 6. The van der Waals surface area contributed by atoms with Gasteiger partial charge in [0.1, 0.15) is 11.3 Å². The first kappa shape index (κ1) is 17.3. The number of fused-ring (bicyclic) bond motifs is 1. The predicted octanol–water partition coefficient (Wildman–Crippen LogP) is 3.51. The highest BCUT2D eigenvalue weighted by Gasteiger charge is 2.23. The lowest BCUT2D eigenvalue weighted by atomic mass is 10.2. The highest BCUT2D eigenvalue weighted by molar-refractivity contribution is 7.98. The topological polar surface area (TPSA) is 72.9 Å². The molecule has 1 saturated carbocycles. The van der Waals surface area contributed by atoms with Crippen molar-refractivity contribution < 1.29 is 0 Å². The lowest BCUT2D eigenvalue weighted by Crippen LogP contribution is -2.12. The average molecular weight is 372 g/mol. The van der Waals surface area contributed by atoms with Crippen LogP contribution in [0, 0.1) is 6.92 Å². The van der Waals surface area contributed by atoms with E-state index in [0.717, 1.165) is 47.4 Å². The number of rotatable bonds is 7. The molecule has 0 aromatic carbocycles. The maximum Gasteiger partial charge on any atom is 0.191 e. The molecule has 138 valence electrons. The summed E-state index contributed by atoms with van der Waals surface area (Å²) in [5.41, 5.74) is 2.01. The fourth-order valence-electron chi connectivity index (χ4n) is 3.78. The van der Waals surface area contributed by atoms with Crippen LogP contribution >= 0.6 is 11.8 Å². The normalized spacial score (nSPS) is 15.2. The summed E-state index contributed by atoms with van der Waals surface area (Å²) in [6, 6.07) is 2.64. The molecule has 1 aliphatic carbocycles. The van der Waals surface area contributed by atoms with E-state index in [-0.39, 0.29) is 0 Å². The number of nitrogens with one attached hydrogen (secondary N) is 1. The molecule has 1 aliphatic rings. The summed E-state index contributed by atoms with van der Waals surface area (Å²) in [6.07, 6.45) is 12.8. The van der Waals surface area contributed by atoms with E-state index in [1.54, 1.807) is 18.0 Å². The molecule has 0 unspecified atom stereocenters. The van der Waals surface area contributed by atoms with Crippen LogP contribution in [0.1, 0.15) is 49.7 Å². The Hall–Kier alpha value is -2.09. The SMILES string of the molecule is CSc1nnc(CCCNc2nccn3nc(C)cc23)n1C1CCCC1. The second-order valence-corrected chi connectivity index (χ2v) is 7.61. The fourth-order valence-corrected chi connectivity index (χ4v) is 4.35. The molecule has 8 heteroatoms. The molecule has 0 atom stereocenters. The largest absolute Gasteiger partial charge is 0.368 e. The molecule has 1 N–H and O–H groups in total. The van der Waals surface area contributed by atoms with E-state index in [0.29, 0.717) is 6.04 Å². The molecule has 0 aliphatic heterocycles. The third kappa shape index (κ3) is 3.42. The Balaban J connectivity index is 1.40. The van der Waals surface area contributed by atoms with E-state index in [2.05, 4.69) is 42.5 Å². The third-order valence-corrected chi connectivity index (χ3v) is 5.63. The molecule has 4 rings (SSSR count). The van der Waals surface area contributed by atoms with Gasteiger partial charge >= 0.3 is 0 Å². The molecule has 26 heavy (non-hydrogen) atoms. The zero-order valence-corrected chi connectivity index (χ0v) is 16.2. The minimum Gasteiger partial charge on any atom is -0.368 e. The second-order valence-electron chi connectivity index (χ2n) is 6.83. The number of anilines is 1. The first-order valence-electron chi connectivity index (χ1n) is 9.29. The Morgan fingerprint density at radius 3 is 2.92 bits per heavy atom. The standard InChI is InChI=1S/C18H25N7S/c1-13-12-15-17(20-10-11-24(15)23-13)19-9-5-8-16-21-22-18(26-2)25(16)14-6-3-4-7-14/h10-12,14H,3-9H2,1-2H3,(H,19,20). The summed E-state index contributed by atoms with van der Waals surface area (Å²) >= 11 is 1.70. The van der Waals surface area contributed by atoms with Gasteiger partial charge in [0, 0.05) is 31.4 Å². The lowest BCUT2D eigenvalue weighted by Gasteiger charge is -2.16. The van der Waals surface area contributed by atoms with Gasteiger partial charge in [-0.05, 0) is 38.5 Å². The van der Waals surface area contributed by atoms with Crippen molar-refractivity contribution in [2.75, 3.05) is 18.1 Å². The van der Waals surface area contributed by atoms with Crippen molar-refractivity contribution in [2.24, 2.45) is 0 Å². The number of aryl methyl sites for hydroxylation is 2. The summed E-state index contributed by atoms with van der Waals surface area (Å²) < 4.78 is 4.25. The summed E-state index contributed by atoms with van der Waals surface area (Å²) in [4.78, 5) is 4.45. The molecule has 0 bridgehead atoms. The quantitative estimate of drug-likeness (QED) is 0.506. The van der Waals surface area contributed by atoms with Crippen LogP contribution < -0.4 is 5.32 Å². The van der Waals surface area contributed by atoms with Crippen LogP contribution in [0.4, 0.5) is 5.82 Å². The summed E-state index contributed by atoms with van der Waals surface area (Å²) in [5, 5.41) is 17.8. The number of hydrogen-bond donors (Lipinski definition) is 1. The highest BCUT2D eigenvalue weighted by Crippen LogP contribution is 2.33. The number of hydrogen-bond acceptors (Lipinski definition) is 6. The van der Waals surface area contributed by atoms with Crippen LogP contribution in [0.3, 0.4) is 0 Å². The lowest BCUT2D eigenvalue weighted by molar-refractivity contribution is 0.461. The molecular formula is C18H25N7S. The van der Waals surface area contributed by atoms with E-state index in [1.165, 1.54) is 25.7 Å². The predicted molar refractivity (Wildman–Crippen MR) is 104 cm³/mol. The Morgan fingerprint density at radius 2 is 2.12 bits per heavy atom. The fraction of sp³-hybridized carbons (Fsp3) is 0.556. The van der Waals surface area contributed by atoms with Crippen molar-refractivity contribution in [1.29, 1.82) is 0 Å². The Labute approximate surface area is 157 Å². The Bertz CT molecular complexity index is 879. The van der Waals surface area contributed by atoms with Crippen LogP contribution in [-0.4, -0.2) is 42.2 Å². The van der Waals surface area contributed by atoms with Crippen LogP contribution in [0.25, 0.3) is 5.52 Å². The Kier molecular flexibility index (Phi) is 5.10. The zero-order chi connectivity index (χ0) is 17.9. The average Bonchev–Trinajstić information content (AvgIpc) is 3.36. The molecule has 0 amide bonds. The maximum absolute atomic E-state index is 4.46. The van der Waals surface area contributed by atoms with Gasteiger partial charge in [-0.2, -0.15) is 5.10 Å². The molecule has 0 spiro atoms. The van der Waals surface area contributed by atoms with Crippen LogP contribution in [-0.2, 0) is 6.42 Å². The van der Waals surface area contributed by atoms with Crippen molar-refractivity contribution in [3.8, 4) is 0 Å². The third-order valence-electron chi connectivity index (χ3n) is 4.99. The number of nitrogens with zero attached hydrogens (tertiary/aromatic N) is 6. The van der Waals surface area contributed by atoms with Crippen LogP contribution in [0.5, 0.6) is 0 Å². The zero-order valence-electron chi connectivity index (χ0n) is 15.4. The van der Waals surface area contributed by atoms with E-state index in [1.807, 2.05) is 17.6 Å². The van der Waals surface area contributed by atoms with E-state index in [9.17, 15) is 0 Å². The molecule has 3 aromatic heterocycles. The van der Waals surface area contributed by atoms with Gasteiger partial charge in [-0.1, -0.05) is 24.6 Å². The smallest absolute Gasteiger partial charge is 0.191 e. The summed E-state index contributed by atoms with van der Waals surface area (Å²) in [7, 11) is 0. The first-order valence-corrected chi connectivity index (χ1v) is 10.5. The number of thioether (sulfide) groups is 1. The van der Waals surface area contributed by atoms with Gasteiger partial charge in [-0.15, -0.1) is 10.2 Å². The summed E-state index contributed by atoms with van der Waals surface area (Å²) in [6.45, 7) is 2.85. The van der Waals surface area contributed by atoms with Gasteiger partial charge in [-0.3, -0.25) is 0 Å². The Morgan fingerprint density at radius 1 is 1.27 bits per heavy atom. The molecule has 0 saturated heterocycles. The summed E-state index contributed by atoms with van der Waals surface area (Å²) in [5.74, 6) is 2.00. The van der Waals surface area contributed by atoms with E-state index < -0.39 is 0 Å². The van der Waals surface area contributed by atoms with Gasteiger partial charge in [0.15, 0.2) is 11.0 Å². The first-order chi connectivity index (χ1) is 12.8. The van der Waals surface area contributed by atoms with Crippen molar-refractivity contribution in [2.45, 2.75) is 56.6 Å². The van der Waals surface area contributed by atoms with Crippen LogP contribution in [0.2, 0.25) is 0 Å². The molecule has 7 nitrogen and oxygen atoms in total. The van der Waals surface area contributed by atoms with Gasteiger partial charge < -0.3 is 9.88 Å². The molecule has 3 aromatic rings. The van der Waals surface area contributed by atoms with Gasteiger partial charge in [0.05, 0.1) is 5.69 Å². The maximum atomic E-state index is 4.46. The van der Waals surface area contributed by atoms with Crippen molar-refractivity contribution >= 4 is 23.1 Å². The second kappa shape index (κ2) is 7.65. The van der Waals surface area contributed by atoms with Gasteiger partial charge in [-0.25, -0.2) is 9.50 Å². The monoisotopic (exact) mass is 371 g/mol. The molecule has 3 heterocycles. The van der Waals surface area contributed by atoms with E-state index in [4.69, 9.17) is 0 Å². The molecular weight excluding hydrogens is 346 g/mol. The van der Waals surface area contributed by atoms with Gasteiger partial charge in [0.2, 0.25) is 0 Å². The van der Waals surface area contributed by atoms with Gasteiger partial charge in [0.25, 0.3) is 0 Å². The highest BCUT2D eigenvalue weighted by atomic mass is 32.2. The minimum absolute atomic E-state index is 0.584. The molecule has 0 radical (unpaired) electrons. The minimum atomic E-state index is 0.584. The van der Waals surface area contributed by atoms with Crippen molar-refractivity contribution in [3.63, 3.8) is 0 Å². The van der Waals surface area contributed by atoms with Crippen molar-refractivity contribution in [3.05, 3.63) is 30.0 Å². The van der Waals surface area contributed by atoms with E-state index >= 15 is 0 Å². The van der Waals surface area contributed by atoms with Crippen molar-refractivity contribution in [1.82, 2.24) is 29.4 Å².